The molecule has 3 aliphatic heterocycles. The van der Waals surface area contributed by atoms with Gasteiger partial charge in [-0.2, -0.15) is 0 Å². The smallest absolute Gasteiger partial charge is 0.187 e. The molecule has 14 heteroatoms. The molecule has 0 aromatic rings. The Kier molecular flexibility index (Phi) is 9.15. The van der Waals surface area contributed by atoms with Crippen LogP contribution in [0.1, 0.15) is 0 Å². The van der Waals surface area contributed by atoms with Crippen LogP contribution in [0.25, 0.3) is 0 Å². The van der Waals surface area contributed by atoms with Crippen LogP contribution in [0.4, 0.5) is 0 Å². The molecule has 3 saturated heterocycles. The predicted octanol–water partition coefficient (Wildman–Crippen LogP) is -6.03. The van der Waals surface area contributed by atoms with E-state index < -0.39 is 86.3 Å². The van der Waals surface area contributed by atoms with Gasteiger partial charge in [0, 0.05) is 13.7 Å². The van der Waals surface area contributed by atoms with Crippen LogP contribution in [0.3, 0.4) is 0 Å². The molecule has 0 aliphatic carbocycles. The van der Waals surface area contributed by atoms with Crippen molar-refractivity contribution in [2.75, 3.05) is 33.5 Å². The van der Waals surface area contributed by atoms with Gasteiger partial charge in [-0.05, 0) is 0 Å². The van der Waals surface area contributed by atoms with Crippen LogP contribution in [-0.4, -0.2) is 154 Å². The lowest BCUT2D eigenvalue weighted by Crippen LogP contribution is -2.65. The van der Waals surface area contributed by atoms with E-state index in [1.165, 1.54) is 7.11 Å². The van der Waals surface area contributed by atoms with Gasteiger partial charge < -0.3 is 69.9 Å². The standard InChI is InChI=1S/C18H33NO13/c1-28-5-9-10(23)11(24)13(26)17(30-9)32-16-8(4-21)29-18(14(27)12(16)25)31-15-6(3-20)19-2-7(15)22/h6-27H,2-5H2,1H3/t6-,7-,8-,9-,10-,11+,12-,13-,14-,15-,16-,17+,18?/m1/s1. The van der Waals surface area contributed by atoms with Crippen LogP contribution in [0.15, 0.2) is 0 Å². The minimum absolute atomic E-state index is 0.125. The average Bonchev–Trinajstić information content (AvgIpc) is 3.14. The molecule has 0 radical (unpaired) electrons. The third-order valence-electron chi connectivity index (χ3n) is 5.96. The Balaban J connectivity index is 1.69. The van der Waals surface area contributed by atoms with Gasteiger partial charge in [0.25, 0.3) is 0 Å². The maximum atomic E-state index is 10.6. The van der Waals surface area contributed by atoms with Gasteiger partial charge in [-0.25, -0.2) is 0 Å². The first-order valence-electron chi connectivity index (χ1n) is 10.4. The molecular formula is C18H33NO13. The molecule has 0 aromatic heterocycles. The Morgan fingerprint density at radius 2 is 1.34 bits per heavy atom. The summed E-state index contributed by atoms with van der Waals surface area (Å²) in [6.45, 7) is -1.01. The first kappa shape index (κ1) is 26.1. The van der Waals surface area contributed by atoms with Crippen molar-refractivity contribution in [3.8, 4) is 0 Å². The third-order valence-corrected chi connectivity index (χ3v) is 5.96. The van der Waals surface area contributed by atoms with E-state index in [4.69, 9.17) is 23.7 Å². The lowest BCUT2D eigenvalue weighted by Gasteiger charge is -2.46. The summed E-state index contributed by atoms with van der Waals surface area (Å²) in [4.78, 5) is 0. The van der Waals surface area contributed by atoms with Crippen molar-refractivity contribution in [2.24, 2.45) is 0 Å². The Morgan fingerprint density at radius 1 is 0.750 bits per heavy atom. The minimum atomic E-state index is -1.71. The van der Waals surface area contributed by atoms with Crippen molar-refractivity contribution in [3.63, 3.8) is 0 Å². The summed E-state index contributed by atoms with van der Waals surface area (Å²) in [7, 11) is 1.35. The molecule has 0 amide bonds. The quantitative estimate of drug-likeness (QED) is 0.161. The van der Waals surface area contributed by atoms with Gasteiger partial charge in [0.1, 0.15) is 54.9 Å². The molecule has 3 fully saturated rings. The number of aliphatic hydroxyl groups is 8. The van der Waals surface area contributed by atoms with Crippen molar-refractivity contribution in [1.29, 1.82) is 0 Å². The van der Waals surface area contributed by atoms with E-state index in [1.807, 2.05) is 0 Å². The second-order valence-corrected chi connectivity index (χ2v) is 8.14. The Morgan fingerprint density at radius 3 is 1.94 bits per heavy atom. The molecule has 13 atom stereocenters. The van der Waals surface area contributed by atoms with Crippen LogP contribution in [0, 0.1) is 0 Å². The molecule has 9 N–H and O–H groups in total. The fourth-order valence-corrected chi connectivity index (χ4v) is 4.10. The topological polar surface area (TPSA) is 220 Å². The normalized spacial score (nSPS) is 50.0. The summed E-state index contributed by atoms with van der Waals surface area (Å²) in [6, 6.07) is -0.629. The molecule has 3 heterocycles. The second kappa shape index (κ2) is 11.2. The Bertz CT molecular complexity index is 585. The number of ether oxygens (including phenoxy) is 5. The SMILES string of the molecule is COC[C@H]1O[C@@H](O[C@H]2[C@H](O)[C@@H](O)C(O[C@H]3[C@H](O)CN[C@@H]3CO)O[C@@H]2CO)[C@H](O)[C@@H](O)[C@@H]1O. The Labute approximate surface area is 183 Å². The fraction of sp³-hybridized carbons (Fsp3) is 1.00. The van der Waals surface area contributed by atoms with E-state index in [2.05, 4.69) is 5.32 Å². The van der Waals surface area contributed by atoms with Gasteiger partial charge in [-0.15, -0.1) is 0 Å². The zero-order valence-corrected chi connectivity index (χ0v) is 17.5. The summed E-state index contributed by atoms with van der Waals surface area (Å²) in [5.41, 5.74) is 0. The second-order valence-electron chi connectivity index (χ2n) is 8.14. The summed E-state index contributed by atoms with van der Waals surface area (Å²) in [6.07, 6.45) is -16.9. The highest BCUT2D eigenvalue weighted by Gasteiger charge is 2.52. The van der Waals surface area contributed by atoms with Crippen molar-refractivity contribution >= 4 is 0 Å². The first-order chi connectivity index (χ1) is 15.2. The molecule has 1 unspecified atom stereocenters. The van der Waals surface area contributed by atoms with Gasteiger partial charge in [0.05, 0.1) is 32.0 Å². The molecular weight excluding hydrogens is 438 g/mol. The molecule has 3 aliphatic rings. The number of aliphatic hydroxyl groups excluding tert-OH is 8. The number of nitrogens with one attached hydrogen (secondary N) is 1. The lowest BCUT2D eigenvalue weighted by atomic mass is 9.97. The van der Waals surface area contributed by atoms with E-state index in [0.717, 1.165) is 0 Å². The summed E-state index contributed by atoms with van der Waals surface area (Å²) in [5.74, 6) is 0. The maximum Gasteiger partial charge on any atom is 0.187 e. The average molecular weight is 471 g/mol. The molecule has 0 aromatic carbocycles. The van der Waals surface area contributed by atoms with E-state index in [-0.39, 0.29) is 19.8 Å². The predicted molar refractivity (Wildman–Crippen MR) is 101 cm³/mol. The number of hydrogen-bond acceptors (Lipinski definition) is 14. The van der Waals surface area contributed by atoms with Crippen molar-refractivity contribution in [3.05, 3.63) is 0 Å². The molecule has 14 nitrogen and oxygen atoms in total. The third kappa shape index (κ3) is 5.24. The van der Waals surface area contributed by atoms with Gasteiger partial charge in [0.15, 0.2) is 12.6 Å². The highest BCUT2D eigenvalue weighted by atomic mass is 16.7. The van der Waals surface area contributed by atoms with E-state index in [9.17, 15) is 40.9 Å². The molecule has 0 spiro atoms. The molecule has 188 valence electrons. The van der Waals surface area contributed by atoms with Crippen molar-refractivity contribution < 1.29 is 64.5 Å². The van der Waals surface area contributed by atoms with E-state index >= 15 is 0 Å². The number of methoxy groups -OCH3 is 1. The van der Waals surface area contributed by atoms with Crippen molar-refractivity contribution in [1.82, 2.24) is 5.32 Å². The fourth-order valence-electron chi connectivity index (χ4n) is 4.10. The van der Waals surface area contributed by atoms with Crippen LogP contribution >= 0.6 is 0 Å². The summed E-state index contributed by atoms with van der Waals surface area (Å²) < 4.78 is 27.0. The minimum Gasteiger partial charge on any atom is -0.395 e. The molecule has 32 heavy (non-hydrogen) atoms. The number of β-amino-alcohol motifs (C(OH)–C–C–N with tert-alkyl or cyclic N) is 1. The zero-order chi connectivity index (χ0) is 23.6. The molecule has 0 saturated carbocycles. The summed E-state index contributed by atoms with van der Waals surface area (Å²) >= 11 is 0. The van der Waals surface area contributed by atoms with Crippen LogP contribution in [0.5, 0.6) is 0 Å². The van der Waals surface area contributed by atoms with Gasteiger partial charge >= 0.3 is 0 Å². The highest BCUT2D eigenvalue weighted by molar-refractivity contribution is 4.96. The molecule has 3 rings (SSSR count). The largest absolute Gasteiger partial charge is 0.395 e. The van der Waals surface area contributed by atoms with Crippen LogP contribution < -0.4 is 5.32 Å². The highest BCUT2D eigenvalue weighted by Crippen LogP contribution is 2.30. The van der Waals surface area contributed by atoms with Gasteiger partial charge in [0.2, 0.25) is 0 Å². The van der Waals surface area contributed by atoms with E-state index in [1.54, 1.807) is 0 Å². The van der Waals surface area contributed by atoms with Gasteiger partial charge in [-0.3, -0.25) is 0 Å². The van der Waals surface area contributed by atoms with Crippen molar-refractivity contribution in [2.45, 2.75) is 79.7 Å². The summed E-state index contributed by atoms with van der Waals surface area (Å²) in [5, 5.41) is 83.5. The zero-order valence-electron chi connectivity index (χ0n) is 17.5. The van der Waals surface area contributed by atoms with E-state index in [0.29, 0.717) is 0 Å². The van der Waals surface area contributed by atoms with Crippen LogP contribution in [0.2, 0.25) is 0 Å². The number of hydrogen-bond donors (Lipinski definition) is 9. The maximum absolute atomic E-state index is 10.6. The number of rotatable bonds is 8. The Hall–Kier alpha value is -0.560. The molecule has 0 bridgehead atoms. The lowest BCUT2D eigenvalue weighted by molar-refractivity contribution is -0.364. The van der Waals surface area contributed by atoms with Crippen LogP contribution in [-0.2, 0) is 23.7 Å². The van der Waals surface area contributed by atoms with Gasteiger partial charge in [-0.1, -0.05) is 0 Å². The monoisotopic (exact) mass is 471 g/mol. The first-order valence-corrected chi connectivity index (χ1v) is 10.4.